The molecule has 1 heterocycles. The molecule has 118 valence electrons. The van der Waals surface area contributed by atoms with Gasteiger partial charge in [-0.15, -0.1) is 11.3 Å². The van der Waals surface area contributed by atoms with Crippen molar-refractivity contribution in [2.24, 2.45) is 10.7 Å². The van der Waals surface area contributed by atoms with Crippen molar-refractivity contribution in [1.29, 1.82) is 0 Å². The Morgan fingerprint density at radius 1 is 1.27 bits per heavy atom. The van der Waals surface area contributed by atoms with Crippen molar-refractivity contribution in [3.8, 4) is 0 Å². The molecule has 0 aliphatic heterocycles. The second-order valence-corrected chi connectivity index (χ2v) is 7.26. The number of aromatic nitrogens is 1. The van der Waals surface area contributed by atoms with E-state index in [2.05, 4.69) is 48.4 Å². The zero-order chi connectivity index (χ0) is 16.2. The average molecular weight is 316 g/mol. The van der Waals surface area contributed by atoms with Crippen LogP contribution < -0.4 is 11.1 Å². The van der Waals surface area contributed by atoms with Crippen molar-refractivity contribution in [3.63, 3.8) is 0 Å². The summed E-state index contributed by atoms with van der Waals surface area (Å²) in [6, 6.07) is 8.07. The van der Waals surface area contributed by atoms with Crippen LogP contribution in [0.4, 0.5) is 5.69 Å². The number of nitrogens with zero attached hydrogens (tertiary/aromatic N) is 2. The summed E-state index contributed by atoms with van der Waals surface area (Å²) in [6.07, 6.45) is 0.808. The smallest absolute Gasteiger partial charge is 0.193 e. The molecular formula is C17H24N4S. The minimum absolute atomic E-state index is 0.109. The van der Waals surface area contributed by atoms with Gasteiger partial charge in [0.25, 0.3) is 0 Å². The Labute approximate surface area is 136 Å². The van der Waals surface area contributed by atoms with E-state index in [4.69, 9.17) is 5.73 Å². The molecule has 0 saturated heterocycles. The SMILES string of the molecule is Cc1ccc(NC(N)=NCCc2csc(C(C)(C)C)n2)cc1. The predicted octanol–water partition coefficient (Wildman–Crippen LogP) is 3.72. The first kappa shape index (κ1) is 16.5. The number of guanidine groups is 1. The molecule has 0 atom stereocenters. The molecule has 0 amide bonds. The number of hydrogen-bond acceptors (Lipinski definition) is 3. The Balaban J connectivity index is 1.86. The van der Waals surface area contributed by atoms with E-state index in [1.54, 1.807) is 11.3 Å². The summed E-state index contributed by atoms with van der Waals surface area (Å²) < 4.78 is 0. The Morgan fingerprint density at radius 2 is 1.95 bits per heavy atom. The molecule has 0 bridgehead atoms. The standard InChI is InChI=1S/C17H24N4S/c1-12-5-7-13(8-6-12)21-16(18)19-10-9-14-11-22-15(20-14)17(2,3)4/h5-8,11H,9-10H2,1-4H3,(H3,18,19,21). The number of anilines is 1. The van der Waals surface area contributed by atoms with E-state index in [1.807, 2.05) is 24.3 Å². The summed E-state index contributed by atoms with van der Waals surface area (Å²) in [5.74, 6) is 0.440. The Hall–Kier alpha value is -1.88. The number of rotatable bonds is 4. The van der Waals surface area contributed by atoms with Crippen LogP contribution in [0.15, 0.2) is 34.6 Å². The number of thiazole rings is 1. The van der Waals surface area contributed by atoms with Crippen LogP contribution >= 0.6 is 11.3 Å². The topological polar surface area (TPSA) is 63.3 Å². The fourth-order valence-corrected chi connectivity index (χ4v) is 2.82. The molecule has 4 nitrogen and oxygen atoms in total. The third-order valence-electron chi connectivity index (χ3n) is 3.17. The lowest BCUT2D eigenvalue weighted by Crippen LogP contribution is -2.23. The van der Waals surface area contributed by atoms with E-state index < -0.39 is 0 Å². The van der Waals surface area contributed by atoms with Crippen molar-refractivity contribution >= 4 is 23.0 Å². The van der Waals surface area contributed by atoms with Gasteiger partial charge in [-0.2, -0.15) is 0 Å². The van der Waals surface area contributed by atoms with Gasteiger partial charge in [0.2, 0.25) is 0 Å². The predicted molar refractivity (Wildman–Crippen MR) is 95.8 cm³/mol. The van der Waals surface area contributed by atoms with Crippen molar-refractivity contribution in [3.05, 3.63) is 45.9 Å². The molecule has 0 spiro atoms. The molecule has 3 N–H and O–H groups in total. The molecular weight excluding hydrogens is 292 g/mol. The zero-order valence-corrected chi connectivity index (χ0v) is 14.5. The van der Waals surface area contributed by atoms with E-state index >= 15 is 0 Å². The number of nitrogens with two attached hydrogens (primary N) is 1. The highest BCUT2D eigenvalue weighted by molar-refractivity contribution is 7.09. The van der Waals surface area contributed by atoms with Gasteiger partial charge in [0, 0.05) is 29.4 Å². The molecule has 0 radical (unpaired) electrons. The van der Waals surface area contributed by atoms with Gasteiger partial charge in [0.15, 0.2) is 5.96 Å². The van der Waals surface area contributed by atoms with E-state index in [9.17, 15) is 0 Å². The van der Waals surface area contributed by atoms with E-state index in [0.29, 0.717) is 12.5 Å². The molecule has 1 aromatic heterocycles. The first-order valence-corrected chi connectivity index (χ1v) is 8.31. The van der Waals surface area contributed by atoms with Gasteiger partial charge in [-0.1, -0.05) is 38.5 Å². The highest BCUT2D eigenvalue weighted by Crippen LogP contribution is 2.25. The lowest BCUT2D eigenvalue weighted by Gasteiger charge is -2.13. The van der Waals surface area contributed by atoms with Gasteiger partial charge in [0.05, 0.1) is 10.7 Å². The van der Waals surface area contributed by atoms with Crippen molar-refractivity contribution in [1.82, 2.24) is 4.98 Å². The molecule has 2 rings (SSSR count). The van der Waals surface area contributed by atoms with Gasteiger partial charge < -0.3 is 11.1 Å². The Kier molecular flexibility index (Phi) is 5.19. The van der Waals surface area contributed by atoms with Crippen LogP contribution in [0, 0.1) is 6.92 Å². The van der Waals surface area contributed by atoms with E-state index in [1.165, 1.54) is 5.56 Å². The fourth-order valence-electron chi connectivity index (χ4n) is 1.88. The largest absolute Gasteiger partial charge is 0.370 e. The van der Waals surface area contributed by atoms with Crippen LogP contribution in [0.25, 0.3) is 0 Å². The number of benzene rings is 1. The number of nitrogens with one attached hydrogen (secondary N) is 1. The van der Waals surface area contributed by atoms with E-state index in [-0.39, 0.29) is 5.41 Å². The molecule has 0 aliphatic rings. The van der Waals surface area contributed by atoms with Crippen LogP contribution in [0.3, 0.4) is 0 Å². The third-order valence-corrected chi connectivity index (χ3v) is 4.48. The van der Waals surface area contributed by atoms with Crippen molar-refractivity contribution < 1.29 is 0 Å². The van der Waals surface area contributed by atoms with Gasteiger partial charge in [-0.05, 0) is 19.1 Å². The minimum atomic E-state index is 0.109. The minimum Gasteiger partial charge on any atom is -0.370 e. The number of hydrogen-bond donors (Lipinski definition) is 2. The lowest BCUT2D eigenvalue weighted by atomic mass is 9.98. The summed E-state index contributed by atoms with van der Waals surface area (Å²) >= 11 is 1.71. The lowest BCUT2D eigenvalue weighted by molar-refractivity contribution is 0.583. The summed E-state index contributed by atoms with van der Waals surface area (Å²) in [6.45, 7) is 9.23. The molecule has 0 saturated carbocycles. The molecule has 22 heavy (non-hydrogen) atoms. The third kappa shape index (κ3) is 4.84. The number of aliphatic imine (C=N–C) groups is 1. The maximum atomic E-state index is 5.90. The second kappa shape index (κ2) is 6.92. The normalized spacial score (nSPS) is 12.5. The zero-order valence-electron chi connectivity index (χ0n) is 13.7. The molecule has 0 unspecified atom stereocenters. The molecule has 2 aromatic rings. The van der Waals surface area contributed by atoms with Crippen molar-refractivity contribution in [2.45, 2.75) is 39.5 Å². The molecule has 1 aromatic carbocycles. The summed E-state index contributed by atoms with van der Waals surface area (Å²) in [7, 11) is 0. The fraction of sp³-hybridized carbons (Fsp3) is 0.412. The second-order valence-electron chi connectivity index (χ2n) is 6.40. The molecule has 5 heteroatoms. The van der Waals surface area contributed by atoms with Gasteiger partial charge >= 0.3 is 0 Å². The highest BCUT2D eigenvalue weighted by atomic mass is 32.1. The maximum absolute atomic E-state index is 5.90. The quantitative estimate of drug-likeness (QED) is 0.667. The molecule has 0 fully saturated rings. The summed E-state index contributed by atoms with van der Waals surface area (Å²) in [4.78, 5) is 9.02. The average Bonchev–Trinajstić information content (AvgIpc) is 2.90. The van der Waals surface area contributed by atoms with Gasteiger partial charge in [0.1, 0.15) is 0 Å². The monoisotopic (exact) mass is 316 g/mol. The first-order chi connectivity index (χ1) is 10.3. The van der Waals surface area contributed by atoms with Gasteiger partial charge in [-0.3, -0.25) is 4.99 Å². The summed E-state index contributed by atoms with van der Waals surface area (Å²) in [5.41, 5.74) is 9.27. The van der Waals surface area contributed by atoms with Crippen LogP contribution in [0.2, 0.25) is 0 Å². The van der Waals surface area contributed by atoms with Crippen LogP contribution in [0.1, 0.15) is 37.0 Å². The van der Waals surface area contributed by atoms with Crippen molar-refractivity contribution in [2.75, 3.05) is 11.9 Å². The van der Waals surface area contributed by atoms with E-state index in [0.717, 1.165) is 22.8 Å². The van der Waals surface area contributed by atoms with Crippen LogP contribution in [0.5, 0.6) is 0 Å². The van der Waals surface area contributed by atoms with Crippen LogP contribution in [-0.2, 0) is 11.8 Å². The highest BCUT2D eigenvalue weighted by Gasteiger charge is 2.17. The summed E-state index contributed by atoms with van der Waals surface area (Å²) in [5, 5.41) is 6.37. The number of aryl methyl sites for hydroxylation is 1. The van der Waals surface area contributed by atoms with Crippen LogP contribution in [-0.4, -0.2) is 17.5 Å². The first-order valence-electron chi connectivity index (χ1n) is 7.43. The Bertz CT molecular complexity index is 635. The Morgan fingerprint density at radius 3 is 2.55 bits per heavy atom. The maximum Gasteiger partial charge on any atom is 0.193 e. The van der Waals surface area contributed by atoms with Gasteiger partial charge in [-0.25, -0.2) is 4.98 Å². The molecule has 0 aliphatic carbocycles.